The van der Waals surface area contributed by atoms with Crippen LogP contribution in [0.3, 0.4) is 0 Å². The molecule has 2 rings (SSSR count). The first-order valence-corrected chi connectivity index (χ1v) is 10.6. The average Bonchev–Trinajstić information content (AvgIpc) is 2.53. The van der Waals surface area contributed by atoms with Crippen LogP contribution in [0.5, 0.6) is 0 Å². The number of nitrogens with zero attached hydrogens (tertiary/aromatic N) is 2. The Morgan fingerprint density at radius 3 is 1.83 bits per heavy atom. The third kappa shape index (κ3) is 4.58. The Bertz CT molecular complexity index is 478. The Kier molecular flexibility index (Phi) is 7.11. The summed E-state index contributed by atoms with van der Waals surface area (Å²) in [6.07, 6.45) is 1.58. The fourth-order valence-corrected chi connectivity index (χ4v) is 4.18. The van der Waals surface area contributed by atoms with Crippen LogP contribution in [0.2, 0.25) is 0 Å². The highest BCUT2D eigenvalue weighted by molar-refractivity contribution is 14.1. The van der Waals surface area contributed by atoms with Crippen molar-refractivity contribution in [3.05, 3.63) is 11.6 Å². The van der Waals surface area contributed by atoms with Crippen LogP contribution in [0.15, 0.2) is 11.6 Å². The summed E-state index contributed by atoms with van der Waals surface area (Å²) in [5.74, 6) is -0.0647. The molecule has 2 aliphatic heterocycles. The van der Waals surface area contributed by atoms with E-state index in [9.17, 15) is 14.4 Å². The largest absolute Gasteiger partial charge is 0.463 e. The van der Waals surface area contributed by atoms with Crippen LogP contribution < -0.4 is 0 Å². The van der Waals surface area contributed by atoms with Crippen molar-refractivity contribution in [3.8, 4) is 0 Å². The van der Waals surface area contributed by atoms with Gasteiger partial charge in [0.25, 0.3) is 0 Å². The SMILES string of the molecule is CCOC(=O)C=C1C2CN(C(=O)CI)CC1CN(C(=O)CI)C2. The Labute approximate surface area is 163 Å². The third-order valence-corrected chi connectivity index (χ3v) is 5.52. The molecule has 128 valence electrons. The van der Waals surface area contributed by atoms with Crippen LogP contribution in [0.4, 0.5) is 0 Å². The smallest absolute Gasteiger partial charge is 0.330 e. The van der Waals surface area contributed by atoms with Crippen LogP contribution in [0.1, 0.15) is 6.92 Å². The molecule has 2 aliphatic rings. The van der Waals surface area contributed by atoms with Gasteiger partial charge >= 0.3 is 5.97 Å². The summed E-state index contributed by atoms with van der Waals surface area (Å²) in [6, 6.07) is 0. The summed E-state index contributed by atoms with van der Waals surface area (Å²) in [4.78, 5) is 39.6. The van der Waals surface area contributed by atoms with Crippen molar-refractivity contribution >= 4 is 63.0 Å². The second-order valence-corrected chi connectivity index (χ2v) is 7.18. The zero-order valence-corrected chi connectivity index (χ0v) is 17.3. The molecule has 0 radical (unpaired) electrons. The standard InChI is InChI=1S/C15H20I2N2O4/c1-2-23-15(22)3-12-10-6-18(13(20)4-16)7-11(12)9-19(8-10)14(21)5-17/h3,10-11H,2,4-9H2,1H3. The van der Waals surface area contributed by atoms with Crippen molar-refractivity contribution in [2.24, 2.45) is 11.8 Å². The number of hydrogen-bond acceptors (Lipinski definition) is 4. The molecule has 0 saturated carbocycles. The number of likely N-dealkylation sites (tertiary alicyclic amines) is 2. The van der Waals surface area contributed by atoms with Crippen molar-refractivity contribution in [3.63, 3.8) is 0 Å². The summed E-state index contributed by atoms with van der Waals surface area (Å²) >= 11 is 4.14. The summed E-state index contributed by atoms with van der Waals surface area (Å²) < 4.78 is 5.92. The number of piperidine rings is 2. The van der Waals surface area contributed by atoms with Gasteiger partial charge in [0.05, 0.1) is 15.5 Å². The lowest BCUT2D eigenvalue weighted by molar-refractivity contribution is -0.137. The Hall–Kier alpha value is -0.390. The molecule has 0 aromatic heterocycles. The van der Waals surface area contributed by atoms with Crippen LogP contribution in [0, 0.1) is 11.8 Å². The first-order valence-electron chi connectivity index (χ1n) is 7.55. The lowest BCUT2D eigenvalue weighted by Gasteiger charge is -2.47. The molecule has 2 amide bonds. The average molecular weight is 546 g/mol. The normalized spacial score (nSPS) is 23.5. The van der Waals surface area contributed by atoms with Gasteiger partial charge in [-0.3, -0.25) is 9.59 Å². The van der Waals surface area contributed by atoms with Gasteiger partial charge in [-0.25, -0.2) is 4.79 Å². The summed E-state index contributed by atoms with van der Waals surface area (Å²) in [7, 11) is 0. The van der Waals surface area contributed by atoms with E-state index in [1.54, 1.807) is 13.0 Å². The van der Waals surface area contributed by atoms with Gasteiger partial charge in [-0.1, -0.05) is 45.2 Å². The van der Waals surface area contributed by atoms with Gasteiger partial charge in [0.1, 0.15) is 0 Å². The molecule has 2 saturated heterocycles. The number of amides is 2. The lowest BCUT2D eigenvalue weighted by Crippen LogP contribution is -2.57. The maximum absolute atomic E-state index is 12.0. The molecule has 6 nitrogen and oxygen atoms in total. The van der Waals surface area contributed by atoms with E-state index in [0.717, 1.165) is 5.57 Å². The minimum atomic E-state index is -0.333. The van der Waals surface area contributed by atoms with E-state index >= 15 is 0 Å². The Morgan fingerprint density at radius 1 is 1.04 bits per heavy atom. The lowest BCUT2D eigenvalue weighted by atomic mass is 9.79. The van der Waals surface area contributed by atoms with Crippen LogP contribution in [0.25, 0.3) is 0 Å². The number of esters is 1. The summed E-state index contributed by atoms with van der Waals surface area (Å²) in [5.41, 5.74) is 1.03. The summed E-state index contributed by atoms with van der Waals surface area (Å²) in [6.45, 7) is 4.38. The number of carbonyl (C=O) groups is 3. The Morgan fingerprint density at radius 2 is 1.48 bits per heavy atom. The van der Waals surface area contributed by atoms with Crippen LogP contribution in [-0.4, -0.2) is 69.2 Å². The minimum absolute atomic E-state index is 0.0192. The van der Waals surface area contributed by atoms with E-state index in [2.05, 4.69) is 45.2 Å². The zero-order chi connectivity index (χ0) is 17.0. The van der Waals surface area contributed by atoms with E-state index in [1.165, 1.54) is 0 Å². The van der Waals surface area contributed by atoms with Gasteiger partial charge in [-0.2, -0.15) is 0 Å². The van der Waals surface area contributed by atoms with Crippen LogP contribution in [-0.2, 0) is 19.1 Å². The predicted molar refractivity (Wildman–Crippen MR) is 103 cm³/mol. The van der Waals surface area contributed by atoms with Crippen molar-refractivity contribution in [1.29, 1.82) is 0 Å². The summed E-state index contributed by atoms with van der Waals surface area (Å²) in [5, 5.41) is 0. The predicted octanol–water partition coefficient (Wildman–Crippen LogP) is 1.26. The maximum Gasteiger partial charge on any atom is 0.330 e. The molecule has 2 bridgehead atoms. The third-order valence-electron chi connectivity index (χ3n) is 4.21. The first-order chi connectivity index (χ1) is 11.0. The molecule has 8 heteroatoms. The van der Waals surface area contributed by atoms with Gasteiger partial charge in [0, 0.05) is 44.1 Å². The van der Waals surface area contributed by atoms with E-state index in [-0.39, 0.29) is 29.6 Å². The molecule has 0 aromatic carbocycles. The molecule has 2 heterocycles. The molecular weight excluding hydrogens is 526 g/mol. The van der Waals surface area contributed by atoms with E-state index in [1.807, 2.05) is 9.80 Å². The number of halogens is 2. The molecule has 23 heavy (non-hydrogen) atoms. The number of alkyl halides is 2. The number of fused-ring (bicyclic) bond motifs is 2. The number of ether oxygens (including phenoxy) is 1. The van der Waals surface area contributed by atoms with Crippen LogP contribution >= 0.6 is 45.2 Å². The molecule has 0 aliphatic carbocycles. The van der Waals surface area contributed by atoms with Gasteiger partial charge in [0.2, 0.25) is 11.8 Å². The second kappa shape index (κ2) is 8.63. The van der Waals surface area contributed by atoms with Crippen molar-refractivity contribution in [2.45, 2.75) is 6.92 Å². The van der Waals surface area contributed by atoms with Crippen molar-refractivity contribution < 1.29 is 19.1 Å². The van der Waals surface area contributed by atoms with Gasteiger partial charge in [-0.05, 0) is 12.5 Å². The molecule has 0 atom stereocenters. The topological polar surface area (TPSA) is 66.9 Å². The molecule has 0 aromatic rings. The van der Waals surface area contributed by atoms with E-state index in [4.69, 9.17) is 4.74 Å². The van der Waals surface area contributed by atoms with Gasteiger partial charge < -0.3 is 14.5 Å². The van der Waals surface area contributed by atoms with Gasteiger partial charge in [0.15, 0.2) is 0 Å². The minimum Gasteiger partial charge on any atom is -0.463 e. The second-order valence-electron chi connectivity index (χ2n) is 5.65. The number of hydrogen-bond donors (Lipinski definition) is 0. The highest BCUT2D eigenvalue weighted by Crippen LogP contribution is 2.34. The number of carbonyl (C=O) groups excluding carboxylic acids is 3. The highest BCUT2D eigenvalue weighted by Gasteiger charge is 2.40. The quantitative estimate of drug-likeness (QED) is 0.231. The molecular formula is C15H20I2N2O4. The molecule has 0 spiro atoms. The molecule has 2 fully saturated rings. The Balaban J connectivity index is 2.21. The monoisotopic (exact) mass is 546 g/mol. The van der Waals surface area contributed by atoms with E-state index < -0.39 is 0 Å². The van der Waals surface area contributed by atoms with Crippen molar-refractivity contribution in [1.82, 2.24) is 9.80 Å². The first kappa shape index (κ1) is 18.9. The fraction of sp³-hybridized carbons (Fsp3) is 0.667. The zero-order valence-electron chi connectivity index (χ0n) is 13.0. The molecule has 0 N–H and O–H groups in total. The number of rotatable bonds is 4. The maximum atomic E-state index is 12.0. The highest BCUT2D eigenvalue weighted by atomic mass is 127. The van der Waals surface area contributed by atoms with Gasteiger partial charge in [-0.15, -0.1) is 0 Å². The van der Waals surface area contributed by atoms with Crippen molar-refractivity contribution in [2.75, 3.05) is 41.6 Å². The van der Waals surface area contributed by atoms with E-state index in [0.29, 0.717) is 41.6 Å². The molecule has 0 unspecified atom stereocenters. The fourth-order valence-electron chi connectivity index (χ4n) is 3.22.